The van der Waals surface area contributed by atoms with E-state index in [2.05, 4.69) is 0 Å². The topological polar surface area (TPSA) is 0 Å². The van der Waals surface area contributed by atoms with Crippen molar-refractivity contribution in [3.63, 3.8) is 0 Å². The van der Waals surface area contributed by atoms with Gasteiger partial charge in [0.25, 0.3) is 0 Å². The second-order valence-corrected chi connectivity index (χ2v) is 25.3. The molecule has 0 aromatic heterocycles. The van der Waals surface area contributed by atoms with E-state index in [1.807, 2.05) is 0 Å². The zero-order valence-corrected chi connectivity index (χ0v) is 16.7. The van der Waals surface area contributed by atoms with Gasteiger partial charge >= 0.3 is 49.6 Å². The first-order valence-electron chi connectivity index (χ1n) is 5.54. The fraction of sp³-hybridized carbons (Fsp3) is 1.00. The van der Waals surface area contributed by atoms with Crippen molar-refractivity contribution in [3.8, 4) is 0 Å². The Hall–Kier alpha value is 2.35. The molecule has 0 atom stereocenters. The van der Waals surface area contributed by atoms with Crippen molar-refractivity contribution in [2.45, 2.75) is 0 Å². The molecular formula is C9H18Cl6N2Pt+2. The Labute approximate surface area is 138 Å². The Kier molecular flexibility index (Phi) is 7.73. The Morgan fingerprint density at radius 3 is 1.22 bits per heavy atom. The molecule has 2 aliphatic rings. The summed E-state index contributed by atoms with van der Waals surface area (Å²) in [6, 6.07) is 0. The van der Waals surface area contributed by atoms with Crippen molar-refractivity contribution in [1.82, 2.24) is 0 Å². The van der Waals surface area contributed by atoms with E-state index in [0.29, 0.717) is 0 Å². The number of fused-ring (bicyclic) bond motifs is 2. The maximum atomic E-state index is 5.84. The van der Waals surface area contributed by atoms with Gasteiger partial charge in [0.15, 0.2) is 0 Å². The molecule has 2 rings (SSSR count). The first-order valence-corrected chi connectivity index (χ1v) is 17.9. The van der Waals surface area contributed by atoms with Crippen LogP contribution in [0.1, 0.15) is 0 Å². The zero-order valence-electron chi connectivity index (χ0n) is 9.84. The molecule has 2 fully saturated rings. The molecule has 2 nitrogen and oxygen atoms in total. The van der Waals surface area contributed by atoms with Gasteiger partial charge in [-0.25, -0.2) is 0 Å². The van der Waals surface area contributed by atoms with E-state index in [0.717, 1.165) is 24.8 Å². The molecule has 0 aromatic carbocycles. The molecule has 0 spiro atoms. The van der Waals surface area contributed by atoms with Gasteiger partial charge in [0.2, 0.25) is 6.67 Å². The third-order valence-corrected chi connectivity index (χ3v) is 4.15. The van der Waals surface area contributed by atoms with Crippen LogP contribution in [0.2, 0.25) is 0 Å². The van der Waals surface area contributed by atoms with Crippen molar-refractivity contribution in [2.24, 2.45) is 0 Å². The number of halogens is 6. The van der Waals surface area contributed by atoms with E-state index in [9.17, 15) is 0 Å². The van der Waals surface area contributed by atoms with E-state index >= 15 is 0 Å². The summed E-state index contributed by atoms with van der Waals surface area (Å²) in [5, 5.41) is 0. The quantitative estimate of drug-likeness (QED) is 0.362. The monoisotopic (exact) mass is 559 g/mol. The number of nitrogens with zero attached hydrogens (tertiary/aromatic N) is 2. The fourth-order valence-electron chi connectivity index (χ4n) is 2.94. The third kappa shape index (κ3) is 6.00. The maximum absolute atomic E-state index is 5.84. The van der Waals surface area contributed by atoms with E-state index in [1.54, 1.807) is 0 Å². The molecule has 2 saturated heterocycles. The van der Waals surface area contributed by atoms with Gasteiger partial charge in [0.05, 0.1) is 24.8 Å². The third-order valence-electron chi connectivity index (χ3n) is 3.82. The summed E-state index contributed by atoms with van der Waals surface area (Å²) in [7, 11) is 20.0. The molecule has 0 aliphatic carbocycles. The minimum absolute atomic E-state index is 0.806. The number of piperazine rings is 1. The van der Waals surface area contributed by atoms with Crippen LogP contribution in [0.3, 0.4) is 0 Å². The van der Waals surface area contributed by atoms with Crippen molar-refractivity contribution < 1.29 is 20.9 Å². The predicted molar refractivity (Wildman–Crippen MR) is 79.4 cm³/mol. The summed E-state index contributed by atoms with van der Waals surface area (Å²) in [5.74, 6) is 1.61. The first kappa shape index (κ1) is 18.4. The minimum atomic E-state index is -3.06. The Balaban J connectivity index is 0.000000280. The van der Waals surface area contributed by atoms with Gasteiger partial charge in [0, 0.05) is 0 Å². The average Bonchev–Trinajstić information content (AvgIpc) is 2.71. The molecule has 0 N–H and O–H groups in total. The summed E-state index contributed by atoms with van der Waals surface area (Å²) < 4.78 is 2.53. The Bertz CT molecular complexity index is 238. The summed E-state index contributed by atoms with van der Waals surface area (Å²) in [6.45, 7) is 8.90. The number of hydrogen-bond donors (Lipinski definition) is 0. The van der Waals surface area contributed by atoms with Crippen LogP contribution in [0.5, 0.6) is 0 Å². The molecule has 2 bridgehead atoms. The molecule has 9 heteroatoms. The van der Waals surface area contributed by atoms with Gasteiger partial charge in [-0.1, -0.05) is 0 Å². The van der Waals surface area contributed by atoms with Gasteiger partial charge < -0.3 is 0 Å². The predicted octanol–water partition coefficient (Wildman–Crippen LogP) is 3.84. The van der Waals surface area contributed by atoms with E-state index in [4.69, 9.17) is 60.9 Å². The van der Waals surface area contributed by atoms with Crippen molar-refractivity contribution >= 4 is 60.9 Å². The molecule has 2 heterocycles. The number of alkyl halides is 2. The molecule has 2 aliphatic heterocycles. The summed E-state index contributed by atoms with van der Waals surface area (Å²) >= 11 is 8.63. The van der Waals surface area contributed by atoms with E-state index < -0.39 is 11.9 Å². The van der Waals surface area contributed by atoms with E-state index in [-0.39, 0.29) is 0 Å². The van der Waals surface area contributed by atoms with Crippen LogP contribution >= 0.6 is 60.9 Å². The second-order valence-electron chi connectivity index (χ2n) is 4.82. The van der Waals surface area contributed by atoms with Gasteiger partial charge in [-0.3, -0.25) is 8.97 Å². The normalized spacial score (nSPS) is 35.2. The van der Waals surface area contributed by atoms with Gasteiger partial charge in [-0.05, 0) is 0 Å². The van der Waals surface area contributed by atoms with Crippen molar-refractivity contribution in [1.29, 1.82) is 0 Å². The SMILES string of the molecule is ClCC[N+]12CC[N+](CCCl)(CC1)C2.[Cl][Pt]([Cl])([Cl])[Cl]. The zero-order chi connectivity index (χ0) is 13.9. The first-order chi connectivity index (χ1) is 8.24. The Morgan fingerprint density at radius 1 is 0.722 bits per heavy atom. The van der Waals surface area contributed by atoms with Crippen molar-refractivity contribution in [3.05, 3.63) is 0 Å². The standard InChI is InChI=1S/C9H18Cl2N2.4ClH.Pt/c10-1-3-12-5-7-13(9-12,4-2-11)8-6-12;;;;;/h1-9H2;4*1H;/q+2;;;;;+4/p-4. The van der Waals surface area contributed by atoms with Crippen LogP contribution in [0.25, 0.3) is 0 Å². The van der Waals surface area contributed by atoms with Crippen LogP contribution in [0.15, 0.2) is 0 Å². The van der Waals surface area contributed by atoms with Gasteiger partial charge in [-0.15, -0.1) is 23.2 Å². The fourth-order valence-corrected chi connectivity index (χ4v) is 3.66. The van der Waals surface area contributed by atoms with E-state index in [1.165, 1.54) is 41.8 Å². The molecule has 0 aromatic rings. The molecule has 0 unspecified atom stereocenters. The number of rotatable bonds is 4. The molecule has 18 heavy (non-hydrogen) atoms. The van der Waals surface area contributed by atoms with Gasteiger partial charge in [-0.2, -0.15) is 0 Å². The molecule has 0 radical (unpaired) electrons. The number of quaternary nitrogens is 2. The Morgan fingerprint density at radius 2 is 1.00 bits per heavy atom. The molecular weight excluding hydrogens is 544 g/mol. The second kappa shape index (κ2) is 7.56. The van der Waals surface area contributed by atoms with Gasteiger partial charge in [0.1, 0.15) is 26.2 Å². The van der Waals surface area contributed by atoms with Crippen LogP contribution in [-0.2, 0) is 11.9 Å². The van der Waals surface area contributed by atoms with Crippen LogP contribution in [0.4, 0.5) is 0 Å². The average molecular weight is 562 g/mol. The summed E-state index contributed by atoms with van der Waals surface area (Å²) in [6.07, 6.45) is 0. The van der Waals surface area contributed by atoms with Crippen molar-refractivity contribution in [2.75, 3.05) is 57.7 Å². The molecule has 0 amide bonds. The van der Waals surface area contributed by atoms with Crippen LogP contribution in [0, 0.1) is 0 Å². The molecule has 114 valence electrons. The summed E-state index contributed by atoms with van der Waals surface area (Å²) in [5.41, 5.74) is 0. The van der Waals surface area contributed by atoms with Crippen LogP contribution in [-0.4, -0.2) is 66.7 Å². The summed E-state index contributed by atoms with van der Waals surface area (Å²) in [4.78, 5) is 0. The van der Waals surface area contributed by atoms with Crippen LogP contribution < -0.4 is 0 Å². The number of hydrogen-bond acceptors (Lipinski definition) is 0. The molecule has 0 saturated carbocycles.